The van der Waals surface area contributed by atoms with Gasteiger partial charge < -0.3 is 19.1 Å². The van der Waals surface area contributed by atoms with E-state index in [-0.39, 0.29) is 17.2 Å². The molecular formula is C18H25N5O3. The number of rotatable bonds is 5. The normalized spacial score (nSPS) is 22.7. The van der Waals surface area contributed by atoms with Gasteiger partial charge in [-0.2, -0.15) is 0 Å². The Morgan fingerprint density at radius 2 is 2.27 bits per heavy atom. The van der Waals surface area contributed by atoms with Gasteiger partial charge in [0.15, 0.2) is 0 Å². The van der Waals surface area contributed by atoms with Gasteiger partial charge in [-0.05, 0) is 12.8 Å². The Balaban J connectivity index is 1.46. The van der Waals surface area contributed by atoms with Crippen LogP contribution in [0.2, 0.25) is 0 Å². The Bertz CT molecular complexity index is 736. The van der Waals surface area contributed by atoms with Crippen molar-refractivity contribution < 1.29 is 14.1 Å². The van der Waals surface area contributed by atoms with Crippen molar-refractivity contribution in [3.05, 3.63) is 36.2 Å². The van der Waals surface area contributed by atoms with Crippen LogP contribution in [-0.2, 0) is 29.7 Å². The van der Waals surface area contributed by atoms with E-state index >= 15 is 0 Å². The second-order valence-electron chi connectivity index (χ2n) is 7.40. The zero-order valence-electron chi connectivity index (χ0n) is 15.1. The molecule has 1 atom stereocenters. The summed E-state index contributed by atoms with van der Waals surface area (Å²) in [6.45, 7) is 4.35. The van der Waals surface area contributed by atoms with Crippen molar-refractivity contribution in [2.24, 2.45) is 18.4 Å². The number of ether oxygens (including phenoxy) is 1. The fourth-order valence-corrected chi connectivity index (χ4v) is 4.23. The van der Waals surface area contributed by atoms with Crippen LogP contribution in [0.15, 0.2) is 29.4 Å². The van der Waals surface area contributed by atoms with Crippen LogP contribution in [0.25, 0.3) is 0 Å². The highest BCUT2D eigenvalue weighted by atomic mass is 16.5. The molecule has 1 amide bonds. The molecule has 4 rings (SSSR count). The molecule has 2 aliphatic rings. The molecule has 1 N–H and O–H groups in total. The zero-order chi connectivity index (χ0) is 18.0. The highest BCUT2D eigenvalue weighted by Crippen LogP contribution is 2.44. The van der Waals surface area contributed by atoms with E-state index in [2.05, 4.69) is 20.4 Å². The Hall–Kier alpha value is -2.19. The van der Waals surface area contributed by atoms with Gasteiger partial charge in [0.2, 0.25) is 5.91 Å². The van der Waals surface area contributed by atoms with Gasteiger partial charge >= 0.3 is 0 Å². The van der Waals surface area contributed by atoms with Crippen LogP contribution in [0.1, 0.15) is 24.2 Å². The average Bonchev–Trinajstić information content (AvgIpc) is 3.36. The molecule has 0 radical (unpaired) electrons. The van der Waals surface area contributed by atoms with Crippen molar-refractivity contribution >= 4 is 5.91 Å². The number of aryl methyl sites for hydroxylation is 1. The third-order valence-electron chi connectivity index (χ3n) is 5.76. The minimum absolute atomic E-state index is 0.00918. The lowest BCUT2D eigenvalue weighted by molar-refractivity contribution is -0.130. The minimum atomic E-state index is -0.0356. The summed E-state index contributed by atoms with van der Waals surface area (Å²) in [5.74, 6) is 0.0638. The molecule has 2 aromatic heterocycles. The van der Waals surface area contributed by atoms with Gasteiger partial charge in [0.25, 0.3) is 0 Å². The van der Waals surface area contributed by atoms with Crippen molar-refractivity contribution in [3.8, 4) is 0 Å². The Morgan fingerprint density at radius 3 is 2.96 bits per heavy atom. The van der Waals surface area contributed by atoms with Crippen LogP contribution in [0.3, 0.4) is 0 Å². The molecule has 4 heterocycles. The number of carbonyl (C=O) groups is 1. The predicted molar refractivity (Wildman–Crippen MR) is 92.8 cm³/mol. The Labute approximate surface area is 152 Å². The summed E-state index contributed by atoms with van der Waals surface area (Å²) >= 11 is 0. The molecule has 2 aliphatic heterocycles. The summed E-state index contributed by atoms with van der Waals surface area (Å²) in [6, 6.07) is 1.77. The summed E-state index contributed by atoms with van der Waals surface area (Å²) in [6.07, 6.45) is 7.09. The molecule has 2 aromatic rings. The number of amides is 1. The SMILES string of the molecule is Cn1cncc1CN1CC(C(=O)NCc2ccon2)C2(CCOCC2)C1. The molecule has 0 aliphatic carbocycles. The van der Waals surface area contributed by atoms with E-state index in [9.17, 15) is 4.79 Å². The predicted octanol–water partition coefficient (Wildman–Crippen LogP) is 0.953. The molecule has 1 spiro atoms. The first kappa shape index (κ1) is 17.2. The zero-order valence-corrected chi connectivity index (χ0v) is 15.1. The van der Waals surface area contributed by atoms with Crippen molar-refractivity contribution in [1.29, 1.82) is 0 Å². The van der Waals surface area contributed by atoms with E-state index in [1.54, 1.807) is 6.07 Å². The van der Waals surface area contributed by atoms with Gasteiger partial charge in [-0.3, -0.25) is 9.69 Å². The van der Waals surface area contributed by atoms with E-state index in [0.29, 0.717) is 6.54 Å². The van der Waals surface area contributed by atoms with Crippen molar-refractivity contribution in [2.45, 2.75) is 25.9 Å². The van der Waals surface area contributed by atoms with E-state index in [1.807, 2.05) is 24.1 Å². The van der Waals surface area contributed by atoms with Crippen LogP contribution < -0.4 is 5.32 Å². The summed E-state index contributed by atoms with van der Waals surface area (Å²) in [7, 11) is 2.00. The number of carbonyl (C=O) groups excluding carboxylic acids is 1. The summed E-state index contributed by atoms with van der Waals surface area (Å²) in [5.41, 5.74) is 1.89. The first-order valence-electron chi connectivity index (χ1n) is 9.09. The number of hydrogen-bond acceptors (Lipinski definition) is 6. The molecule has 0 aromatic carbocycles. The summed E-state index contributed by atoms with van der Waals surface area (Å²) < 4.78 is 12.4. The summed E-state index contributed by atoms with van der Waals surface area (Å²) in [4.78, 5) is 19.6. The summed E-state index contributed by atoms with van der Waals surface area (Å²) in [5, 5.41) is 6.91. The third kappa shape index (κ3) is 3.39. The second kappa shape index (κ2) is 7.20. The monoisotopic (exact) mass is 359 g/mol. The number of aromatic nitrogens is 3. The van der Waals surface area contributed by atoms with E-state index in [4.69, 9.17) is 9.26 Å². The fourth-order valence-electron chi connectivity index (χ4n) is 4.23. The standard InChI is InChI=1S/C18H25N5O3/c1-22-13-19-9-15(22)10-23-11-16(18(12-23)3-6-25-7-4-18)17(24)20-8-14-2-5-26-21-14/h2,5,9,13,16H,3-4,6-8,10-12H2,1H3,(H,20,24). The van der Waals surface area contributed by atoms with Crippen LogP contribution in [0, 0.1) is 11.3 Å². The number of nitrogens with one attached hydrogen (secondary N) is 1. The number of hydrogen-bond donors (Lipinski definition) is 1. The lowest BCUT2D eigenvalue weighted by atomic mass is 9.72. The Morgan fingerprint density at radius 1 is 1.42 bits per heavy atom. The quantitative estimate of drug-likeness (QED) is 0.856. The minimum Gasteiger partial charge on any atom is -0.381 e. The largest absolute Gasteiger partial charge is 0.381 e. The van der Waals surface area contributed by atoms with Gasteiger partial charge in [-0.15, -0.1) is 0 Å². The van der Waals surface area contributed by atoms with E-state index in [1.165, 1.54) is 6.26 Å². The lowest BCUT2D eigenvalue weighted by Gasteiger charge is -2.37. The molecule has 26 heavy (non-hydrogen) atoms. The van der Waals surface area contributed by atoms with Gasteiger partial charge in [0, 0.05) is 57.6 Å². The second-order valence-corrected chi connectivity index (χ2v) is 7.40. The van der Waals surface area contributed by atoms with Crippen molar-refractivity contribution in [2.75, 3.05) is 26.3 Å². The van der Waals surface area contributed by atoms with Crippen molar-refractivity contribution in [1.82, 2.24) is 24.9 Å². The smallest absolute Gasteiger partial charge is 0.225 e. The van der Waals surface area contributed by atoms with Crippen LogP contribution in [-0.4, -0.2) is 51.8 Å². The number of likely N-dealkylation sites (tertiary alicyclic amines) is 1. The number of imidazole rings is 1. The molecule has 0 saturated carbocycles. The van der Waals surface area contributed by atoms with Crippen LogP contribution in [0.5, 0.6) is 0 Å². The van der Waals surface area contributed by atoms with Crippen molar-refractivity contribution in [3.63, 3.8) is 0 Å². The molecule has 1 unspecified atom stereocenters. The maximum atomic E-state index is 13.0. The lowest BCUT2D eigenvalue weighted by Crippen LogP contribution is -2.44. The molecule has 2 saturated heterocycles. The first-order chi connectivity index (χ1) is 12.7. The molecule has 0 bridgehead atoms. The molecule has 2 fully saturated rings. The van der Waals surface area contributed by atoms with Gasteiger partial charge in [-0.1, -0.05) is 5.16 Å². The molecule has 8 heteroatoms. The first-order valence-corrected chi connectivity index (χ1v) is 9.09. The van der Waals surface area contributed by atoms with Gasteiger partial charge in [0.1, 0.15) is 12.0 Å². The Kier molecular flexibility index (Phi) is 4.78. The fraction of sp³-hybridized carbons (Fsp3) is 0.611. The third-order valence-corrected chi connectivity index (χ3v) is 5.76. The van der Waals surface area contributed by atoms with Crippen LogP contribution >= 0.6 is 0 Å². The maximum Gasteiger partial charge on any atom is 0.225 e. The maximum absolute atomic E-state index is 13.0. The van der Waals surface area contributed by atoms with E-state index in [0.717, 1.165) is 57.1 Å². The average molecular weight is 359 g/mol. The van der Waals surface area contributed by atoms with Gasteiger partial charge in [-0.25, -0.2) is 4.98 Å². The highest BCUT2D eigenvalue weighted by Gasteiger charge is 2.50. The molecule has 140 valence electrons. The van der Waals surface area contributed by atoms with Gasteiger partial charge in [0.05, 0.1) is 24.5 Å². The topological polar surface area (TPSA) is 85.4 Å². The molecular weight excluding hydrogens is 334 g/mol. The van der Waals surface area contributed by atoms with Crippen LogP contribution in [0.4, 0.5) is 0 Å². The van der Waals surface area contributed by atoms with E-state index < -0.39 is 0 Å². The number of nitrogens with zero attached hydrogens (tertiary/aromatic N) is 4. The molecule has 8 nitrogen and oxygen atoms in total. The highest BCUT2D eigenvalue weighted by molar-refractivity contribution is 5.80.